The number of amides is 10. The predicted octanol–water partition coefficient (Wildman–Crippen LogP) is 9.05. The molecule has 5 atom stereocenters. The van der Waals surface area contributed by atoms with Crippen LogP contribution in [0.15, 0.2) is 109 Å². The van der Waals surface area contributed by atoms with E-state index < -0.39 is 78.2 Å². The summed E-state index contributed by atoms with van der Waals surface area (Å²) in [5.41, 5.74) is 3.62. The molecule has 2 heterocycles. The lowest BCUT2D eigenvalue weighted by Crippen LogP contribution is -2.53. The first-order valence-corrected chi connectivity index (χ1v) is 34.9. The van der Waals surface area contributed by atoms with Crippen molar-refractivity contribution in [2.75, 3.05) is 88.3 Å². The molecule has 2 aliphatic heterocycles. The highest BCUT2D eigenvalue weighted by molar-refractivity contribution is 6.06. The number of alkyl carbamates (subject to hydrolysis) is 1. The van der Waals surface area contributed by atoms with Crippen molar-refractivity contribution in [1.29, 1.82) is 0 Å². The van der Waals surface area contributed by atoms with Crippen LogP contribution in [0.25, 0.3) is 0 Å². The lowest BCUT2D eigenvalue weighted by Gasteiger charge is -2.24. The van der Waals surface area contributed by atoms with E-state index in [2.05, 4.69) is 49.1 Å². The number of carbonyl (C=O) groups is 10. The van der Waals surface area contributed by atoms with Gasteiger partial charge in [0, 0.05) is 48.4 Å². The van der Waals surface area contributed by atoms with E-state index in [4.69, 9.17) is 42.6 Å². The maximum absolute atomic E-state index is 14.3. The Morgan fingerprint density at radius 1 is 0.509 bits per heavy atom. The number of carbonyl (C=O) groups excluding carboxylic acids is 10. The highest BCUT2D eigenvalue weighted by Gasteiger charge is 2.34. The summed E-state index contributed by atoms with van der Waals surface area (Å²) in [5, 5.41) is 41.7. The minimum atomic E-state index is -1.00. The maximum Gasteiger partial charge on any atom is 0.411 e. The number of anilines is 4. The second kappa shape index (κ2) is 42.1. The fraction of sp³-hybridized carbons (Fsp3) is 0.467. The smallest absolute Gasteiger partial charge is 0.411 e. The normalized spacial score (nSPS) is 14.6. The van der Waals surface area contributed by atoms with Gasteiger partial charge >= 0.3 is 24.4 Å². The number of aliphatic hydroxyl groups excluding tert-OH is 2. The monoisotopic (exact) mass is 1480 g/mol. The fourth-order valence-corrected chi connectivity index (χ4v) is 10.9. The fourth-order valence-electron chi connectivity index (χ4n) is 10.9. The van der Waals surface area contributed by atoms with E-state index in [1.54, 1.807) is 74.8 Å². The molecule has 10 N–H and O–H groups in total. The highest BCUT2D eigenvalue weighted by atomic mass is 16.6. The molecule has 0 unspecified atom stereocenters. The number of ether oxygens (including phenoxy) is 9. The molecule has 106 heavy (non-hydrogen) atoms. The van der Waals surface area contributed by atoms with Gasteiger partial charge in [-0.15, -0.1) is 0 Å². The van der Waals surface area contributed by atoms with Gasteiger partial charge in [-0.25, -0.2) is 19.2 Å². The van der Waals surface area contributed by atoms with E-state index in [0.717, 1.165) is 11.1 Å². The second-order valence-electron chi connectivity index (χ2n) is 26.2. The number of unbranched alkanes of at least 4 members (excludes halogenated alkanes) is 2. The minimum absolute atomic E-state index is 0.00156. The summed E-state index contributed by atoms with van der Waals surface area (Å²) >= 11 is 0. The van der Waals surface area contributed by atoms with Crippen molar-refractivity contribution in [2.45, 2.75) is 150 Å². The first kappa shape index (κ1) is 84.0. The average molecular weight is 1480 g/mol. The molecule has 31 heteroatoms. The molecular weight excluding hydrogens is 1380 g/mol. The average Bonchev–Trinajstić information content (AvgIpc) is 1.44. The van der Waals surface area contributed by atoms with Crippen LogP contribution in [0, 0.1) is 11.8 Å². The predicted molar refractivity (Wildman–Crippen MR) is 392 cm³/mol. The molecule has 4 aromatic rings. The van der Waals surface area contributed by atoms with Gasteiger partial charge in [-0.3, -0.25) is 44.7 Å². The summed E-state index contributed by atoms with van der Waals surface area (Å²) in [7, 11) is 2.80. The van der Waals surface area contributed by atoms with Gasteiger partial charge in [-0.1, -0.05) is 75.8 Å². The summed E-state index contributed by atoms with van der Waals surface area (Å²) in [4.78, 5) is 134. The van der Waals surface area contributed by atoms with Gasteiger partial charge in [-0.2, -0.15) is 0 Å². The number of benzene rings is 4. The Labute approximate surface area is 616 Å². The standard InChI is InChI=1S/C75H100N10O21/c1-13-26-103-75(97)83-66(45(4)5)69(91)77-49(10)67(89)78-52-21-17-50(18-22-52)42-105-73(95)80-58-36-62(60(98-11)34-56(58)70(92)84-38-47(8)32-54(84)40-86)101-27-15-14-16-28-102-63-37-59(57(35-61(63)99-12)71(93)85-39-48(9)33-55(85)41-87)81-74(96)106-43-51-19-23-53(24-20-51)79-72(94)104-31-30-100-29-25-64(88)82-65(44(2)3)68(90)76-46(6)7/h13,17-24,34-39,44-46,49,54-55,65-66,86-87H,1,14-16,25-33,40-43H2,2-12H3,(H,76,90)(H,77,91)(H,78,89)(H,79,94)(H,80,95)(H,81,96)(H,82,88)(H,83,97)/t49-,54+,55+,65-,66-/m1/s1. The molecule has 0 saturated heterocycles. The third kappa shape index (κ3) is 26.0. The molecule has 0 fully saturated rings. The Kier molecular flexibility index (Phi) is 33.4. The summed E-state index contributed by atoms with van der Waals surface area (Å²) in [6.45, 7) is 18.5. The number of nitrogens with one attached hydrogen (secondary N) is 8. The Balaban J connectivity index is 1.02. The number of nitrogens with zero attached hydrogens (tertiary/aromatic N) is 2. The van der Waals surface area contributed by atoms with Gasteiger partial charge in [0.25, 0.3) is 11.8 Å². The molecule has 0 aromatic heterocycles. The van der Waals surface area contributed by atoms with Crippen LogP contribution in [0.1, 0.15) is 133 Å². The zero-order valence-corrected chi connectivity index (χ0v) is 61.8. The van der Waals surface area contributed by atoms with Crippen molar-refractivity contribution in [1.82, 2.24) is 31.1 Å². The molecule has 4 aromatic carbocycles. The van der Waals surface area contributed by atoms with Crippen molar-refractivity contribution in [3.8, 4) is 23.0 Å². The molecule has 0 radical (unpaired) electrons. The third-order valence-electron chi connectivity index (χ3n) is 16.5. The maximum atomic E-state index is 14.3. The van der Waals surface area contributed by atoms with E-state index in [1.807, 2.05) is 41.5 Å². The molecule has 576 valence electrons. The van der Waals surface area contributed by atoms with Crippen LogP contribution in [-0.4, -0.2) is 183 Å². The van der Waals surface area contributed by atoms with E-state index >= 15 is 0 Å². The molecular formula is C75H100N10O21. The molecule has 6 rings (SSSR count). The van der Waals surface area contributed by atoms with Crippen LogP contribution in [0.4, 0.5) is 41.9 Å². The van der Waals surface area contributed by atoms with E-state index in [1.165, 1.54) is 61.3 Å². The molecule has 0 saturated carbocycles. The first-order chi connectivity index (χ1) is 50.6. The van der Waals surface area contributed by atoms with Gasteiger partial charge < -0.3 is 89.2 Å². The van der Waals surface area contributed by atoms with Gasteiger partial charge in [0.1, 0.15) is 44.6 Å². The summed E-state index contributed by atoms with van der Waals surface area (Å²) in [6, 6.07) is 14.7. The molecule has 2 aliphatic rings. The second-order valence-corrected chi connectivity index (χ2v) is 26.2. The van der Waals surface area contributed by atoms with E-state index in [9.17, 15) is 58.2 Å². The number of hydrogen-bond donors (Lipinski definition) is 10. The Morgan fingerprint density at radius 2 is 0.972 bits per heavy atom. The number of rotatable bonds is 39. The summed E-state index contributed by atoms with van der Waals surface area (Å²) in [5.74, 6) is -2.57. The van der Waals surface area contributed by atoms with Crippen LogP contribution in [0.5, 0.6) is 23.0 Å². The Hall–Kier alpha value is -10.9. The number of hydrogen-bond acceptors (Lipinski definition) is 21. The SMILES string of the molecule is C=CCOC(=O)N[C@@H](C(=O)N[C@H](C)C(=O)Nc1ccc(COC(=O)Nc2cc(OCCCCCOc3cc(NC(=O)OCc4ccc(NC(=O)OCCOCCC(=O)N[C@@H](C(=O)NC(C)C)C(C)C)cc4)c(C(=O)N4C=C(C)C[C@H]4CO)cc3OC)c(OC)cc2C(=O)N2C=C(C)C[C@H]2CO)cc1)C(C)C. The van der Waals surface area contributed by atoms with Crippen LogP contribution >= 0.6 is 0 Å². The van der Waals surface area contributed by atoms with Gasteiger partial charge in [0.15, 0.2) is 23.0 Å². The lowest BCUT2D eigenvalue weighted by molar-refractivity contribution is -0.130. The number of methoxy groups -OCH3 is 2. The lowest BCUT2D eigenvalue weighted by atomic mass is 10.0. The third-order valence-corrected chi connectivity index (χ3v) is 16.5. The number of aliphatic hydroxyl groups is 2. The quantitative estimate of drug-likeness (QED) is 0.0113. The van der Waals surface area contributed by atoms with Crippen molar-refractivity contribution in [3.63, 3.8) is 0 Å². The largest absolute Gasteiger partial charge is 0.493 e. The van der Waals surface area contributed by atoms with Crippen LogP contribution in [0.3, 0.4) is 0 Å². The Morgan fingerprint density at radius 3 is 1.42 bits per heavy atom. The van der Waals surface area contributed by atoms with Crippen LogP contribution in [-0.2, 0) is 56.1 Å². The minimum Gasteiger partial charge on any atom is -0.493 e. The van der Waals surface area contributed by atoms with Crippen molar-refractivity contribution in [3.05, 3.63) is 131 Å². The van der Waals surface area contributed by atoms with E-state index in [-0.39, 0.29) is 148 Å². The molecule has 0 spiro atoms. The zero-order chi connectivity index (χ0) is 77.6. The molecule has 10 amide bonds. The molecule has 0 bridgehead atoms. The Bertz CT molecular complexity index is 3770. The van der Waals surface area contributed by atoms with Gasteiger partial charge in [0.05, 0.1) is 88.4 Å². The van der Waals surface area contributed by atoms with E-state index in [0.29, 0.717) is 54.6 Å². The van der Waals surface area contributed by atoms with Crippen LogP contribution in [0.2, 0.25) is 0 Å². The molecule has 0 aliphatic carbocycles. The topological polar surface area (TPSA) is 397 Å². The van der Waals surface area contributed by atoms with Crippen molar-refractivity contribution in [2.24, 2.45) is 11.8 Å². The summed E-state index contributed by atoms with van der Waals surface area (Å²) < 4.78 is 50.6. The van der Waals surface area contributed by atoms with Gasteiger partial charge in [0.2, 0.25) is 23.6 Å². The summed E-state index contributed by atoms with van der Waals surface area (Å²) in [6.07, 6.45) is 3.62. The highest BCUT2D eigenvalue weighted by Crippen LogP contribution is 2.38. The van der Waals surface area contributed by atoms with Crippen molar-refractivity contribution >= 4 is 82.6 Å². The van der Waals surface area contributed by atoms with Crippen molar-refractivity contribution < 1.29 is 101 Å². The van der Waals surface area contributed by atoms with Crippen LogP contribution < -0.4 is 61.5 Å². The van der Waals surface area contributed by atoms with Gasteiger partial charge in [-0.05, 0) is 126 Å². The molecule has 31 nitrogen and oxygen atoms in total. The first-order valence-electron chi connectivity index (χ1n) is 34.9. The zero-order valence-electron chi connectivity index (χ0n) is 61.8.